The maximum absolute atomic E-state index is 5.35. The van der Waals surface area contributed by atoms with E-state index >= 15 is 0 Å². The van der Waals surface area contributed by atoms with Crippen LogP contribution >= 0.6 is 0 Å². The first-order valence-electron chi connectivity index (χ1n) is 6.61. The summed E-state index contributed by atoms with van der Waals surface area (Å²) in [6.45, 7) is 2.75. The van der Waals surface area contributed by atoms with E-state index in [0.29, 0.717) is 12.5 Å². The van der Waals surface area contributed by atoms with E-state index in [1.807, 2.05) is 6.21 Å². The van der Waals surface area contributed by atoms with Gasteiger partial charge in [0, 0.05) is 6.21 Å². The van der Waals surface area contributed by atoms with Crippen LogP contribution in [0.1, 0.15) is 43.7 Å². The average molecular weight is 231 g/mol. The van der Waals surface area contributed by atoms with Crippen LogP contribution in [0, 0.1) is 5.92 Å². The summed E-state index contributed by atoms with van der Waals surface area (Å²) in [5.41, 5.74) is 2.55. The van der Waals surface area contributed by atoms with Gasteiger partial charge in [-0.3, -0.25) is 0 Å². The Morgan fingerprint density at radius 2 is 2.06 bits per heavy atom. The predicted octanol–water partition coefficient (Wildman–Crippen LogP) is 3.94. The van der Waals surface area contributed by atoms with Gasteiger partial charge in [0.05, 0.1) is 0 Å². The van der Waals surface area contributed by atoms with Crippen molar-refractivity contribution in [3.63, 3.8) is 0 Å². The molecule has 17 heavy (non-hydrogen) atoms. The van der Waals surface area contributed by atoms with Gasteiger partial charge in [-0.25, -0.2) is 0 Å². The second kappa shape index (κ2) is 6.43. The fraction of sp³-hybridized carbons (Fsp3) is 0.533. The van der Waals surface area contributed by atoms with E-state index in [-0.39, 0.29) is 0 Å². The molecule has 0 unspecified atom stereocenters. The van der Waals surface area contributed by atoms with Crippen molar-refractivity contribution in [3.8, 4) is 0 Å². The van der Waals surface area contributed by atoms with Gasteiger partial charge in [0.1, 0.15) is 6.61 Å². The molecule has 2 rings (SSSR count). The van der Waals surface area contributed by atoms with Crippen LogP contribution in [-0.4, -0.2) is 6.21 Å². The van der Waals surface area contributed by atoms with Crippen molar-refractivity contribution in [2.75, 3.05) is 0 Å². The lowest BCUT2D eigenvalue weighted by Crippen LogP contribution is -1.95. The van der Waals surface area contributed by atoms with Gasteiger partial charge in [0.25, 0.3) is 0 Å². The largest absolute Gasteiger partial charge is 0.391 e. The van der Waals surface area contributed by atoms with Crippen molar-refractivity contribution >= 4 is 6.21 Å². The molecule has 0 aromatic heterocycles. The molecule has 1 aromatic carbocycles. The molecule has 1 fully saturated rings. The van der Waals surface area contributed by atoms with Crippen LogP contribution in [0.25, 0.3) is 0 Å². The molecular weight excluding hydrogens is 210 g/mol. The van der Waals surface area contributed by atoms with E-state index in [1.165, 1.54) is 36.8 Å². The minimum Gasteiger partial charge on any atom is -0.391 e. The highest BCUT2D eigenvalue weighted by Gasteiger charge is 2.12. The third kappa shape index (κ3) is 3.88. The number of benzene rings is 1. The van der Waals surface area contributed by atoms with E-state index in [4.69, 9.17) is 4.84 Å². The number of nitrogens with zero attached hydrogens (tertiary/aromatic N) is 1. The molecule has 1 aromatic rings. The summed E-state index contributed by atoms with van der Waals surface area (Å²) in [5, 5.41) is 4.08. The first-order valence-corrected chi connectivity index (χ1v) is 6.61. The molecule has 1 aliphatic carbocycles. The number of aryl methyl sites for hydroxylation is 1. The summed E-state index contributed by atoms with van der Waals surface area (Å²) in [6.07, 6.45) is 8.29. The zero-order valence-corrected chi connectivity index (χ0v) is 10.6. The maximum Gasteiger partial charge on any atom is 0.142 e. The van der Waals surface area contributed by atoms with Crippen LogP contribution in [0.2, 0.25) is 0 Å². The van der Waals surface area contributed by atoms with Gasteiger partial charge >= 0.3 is 0 Å². The standard InChI is InChI=1S/C15H21NO/c1-2-13-8-5-9-15(10-13)12-17-16-11-14-6-3-4-7-14/h5,8-11,14H,2-4,6-7,12H2,1H3. The predicted molar refractivity (Wildman–Crippen MR) is 71.1 cm³/mol. The first kappa shape index (κ1) is 12.2. The molecular formula is C15H21NO. The fourth-order valence-corrected chi connectivity index (χ4v) is 2.29. The normalized spacial score (nSPS) is 16.8. The van der Waals surface area contributed by atoms with E-state index in [9.17, 15) is 0 Å². The third-order valence-corrected chi connectivity index (χ3v) is 3.38. The average Bonchev–Trinajstić information content (AvgIpc) is 2.88. The van der Waals surface area contributed by atoms with Crippen LogP contribution in [0.3, 0.4) is 0 Å². The molecule has 0 heterocycles. The summed E-state index contributed by atoms with van der Waals surface area (Å²) in [7, 11) is 0. The first-order chi connectivity index (χ1) is 8.38. The zero-order chi connectivity index (χ0) is 11.9. The lowest BCUT2D eigenvalue weighted by molar-refractivity contribution is 0.130. The van der Waals surface area contributed by atoms with Crippen LogP contribution < -0.4 is 0 Å². The van der Waals surface area contributed by atoms with E-state index in [2.05, 4.69) is 36.3 Å². The van der Waals surface area contributed by atoms with Crippen molar-refractivity contribution in [2.24, 2.45) is 11.1 Å². The molecule has 0 aliphatic heterocycles. The molecule has 92 valence electrons. The van der Waals surface area contributed by atoms with Crippen LogP contribution in [0.15, 0.2) is 29.4 Å². The molecule has 0 amide bonds. The summed E-state index contributed by atoms with van der Waals surface area (Å²) in [4.78, 5) is 5.35. The van der Waals surface area contributed by atoms with E-state index in [0.717, 1.165) is 6.42 Å². The van der Waals surface area contributed by atoms with Gasteiger partial charge in [0.2, 0.25) is 0 Å². The lowest BCUT2D eigenvalue weighted by atomic mass is 10.1. The smallest absolute Gasteiger partial charge is 0.142 e. The minimum absolute atomic E-state index is 0.580. The Morgan fingerprint density at radius 3 is 2.82 bits per heavy atom. The molecule has 0 atom stereocenters. The maximum atomic E-state index is 5.35. The minimum atomic E-state index is 0.580. The molecule has 0 saturated heterocycles. The lowest BCUT2D eigenvalue weighted by Gasteiger charge is -2.03. The molecule has 0 radical (unpaired) electrons. The quantitative estimate of drug-likeness (QED) is 0.555. The topological polar surface area (TPSA) is 21.6 Å². The van der Waals surface area contributed by atoms with Crippen molar-refractivity contribution in [3.05, 3.63) is 35.4 Å². The second-order valence-corrected chi connectivity index (χ2v) is 4.75. The van der Waals surface area contributed by atoms with Crippen molar-refractivity contribution in [2.45, 2.75) is 45.6 Å². The highest BCUT2D eigenvalue weighted by atomic mass is 16.6. The molecule has 2 nitrogen and oxygen atoms in total. The highest BCUT2D eigenvalue weighted by Crippen LogP contribution is 2.22. The Morgan fingerprint density at radius 1 is 1.29 bits per heavy atom. The molecule has 0 bridgehead atoms. The van der Waals surface area contributed by atoms with Gasteiger partial charge in [-0.05, 0) is 36.3 Å². The van der Waals surface area contributed by atoms with Crippen LogP contribution in [0.5, 0.6) is 0 Å². The Hall–Kier alpha value is -1.31. The van der Waals surface area contributed by atoms with Crippen molar-refractivity contribution in [1.29, 1.82) is 0 Å². The van der Waals surface area contributed by atoms with Gasteiger partial charge in [-0.15, -0.1) is 0 Å². The van der Waals surface area contributed by atoms with Gasteiger partial charge in [0.15, 0.2) is 0 Å². The summed E-state index contributed by atoms with van der Waals surface area (Å²) in [5.74, 6) is 0.650. The molecule has 1 aliphatic rings. The van der Waals surface area contributed by atoms with Gasteiger partial charge in [-0.2, -0.15) is 0 Å². The van der Waals surface area contributed by atoms with Gasteiger partial charge < -0.3 is 4.84 Å². The number of hydrogen-bond acceptors (Lipinski definition) is 2. The highest BCUT2D eigenvalue weighted by molar-refractivity contribution is 5.60. The zero-order valence-electron chi connectivity index (χ0n) is 10.6. The van der Waals surface area contributed by atoms with Crippen molar-refractivity contribution < 1.29 is 4.84 Å². The SMILES string of the molecule is CCc1cccc(CON=CC2CCCC2)c1. The van der Waals surface area contributed by atoms with Crippen LogP contribution in [0.4, 0.5) is 0 Å². The molecule has 0 N–H and O–H groups in total. The third-order valence-electron chi connectivity index (χ3n) is 3.38. The van der Waals surface area contributed by atoms with E-state index in [1.54, 1.807) is 0 Å². The number of oxime groups is 1. The second-order valence-electron chi connectivity index (χ2n) is 4.75. The Bertz CT molecular complexity index is 367. The summed E-state index contributed by atoms with van der Waals surface area (Å²) >= 11 is 0. The van der Waals surface area contributed by atoms with Crippen molar-refractivity contribution in [1.82, 2.24) is 0 Å². The van der Waals surface area contributed by atoms with Crippen LogP contribution in [-0.2, 0) is 17.9 Å². The Balaban J connectivity index is 1.76. The summed E-state index contributed by atoms with van der Waals surface area (Å²) < 4.78 is 0. The Labute approximate surface area is 104 Å². The fourth-order valence-electron chi connectivity index (χ4n) is 2.29. The molecule has 2 heteroatoms. The Kier molecular flexibility index (Phi) is 4.60. The van der Waals surface area contributed by atoms with Gasteiger partial charge in [-0.1, -0.05) is 49.2 Å². The monoisotopic (exact) mass is 231 g/mol. The summed E-state index contributed by atoms with van der Waals surface area (Å²) in [6, 6.07) is 8.50. The number of rotatable bonds is 5. The molecule has 1 saturated carbocycles. The number of hydrogen-bond donors (Lipinski definition) is 0. The van der Waals surface area contributed by atoms with E-state index < -0.39 is 0 Å². The molecule has 0 spiro atoms.